The summed E-state index contributed by atoms with van der Waals surface area (Å²) in [4.78, 5) is 6.92. The highest BCUT2D eigenvalue weighted by Crippen LogP contribution is 2.34. The lowest BCUT2D eigenvalue weighted by molar-refractivity contribution is 0.183. The highest BCUT2D eigenvalue weighted by atomic mass is 15.1. The summed E-state index contributed by atoms with van der Waals surface area (Å²) in [6.07, 6.45) is 12.7. The molecule has 1 N–H and O–H groups in total. The van der Waals surface area contributed by atoms with Crippen LogP contribution in [0.2, 0.25) is 0 Å². The van der Waals surface area contributed by atoms with Crippen LogP contribution in [0, 0.1) is 10.8 Å². The zero-order valence-corrected chi connectivity index (χ0v) is 25.1. The number of fused-ring (bicyclic) bond motifs is 1. The Kier molecular flexibility index (Phi) is 12.7. The number of rotatable bonds is 13. The van der Waals surface area contributed by atoms with E-state index < -0.39 is 0 Å². The van der Waals surface area contributed by atoms with E-state index in [0.29, 0.717) is 10.8 Å². The molecule has 0 unspecified atom stereocenters. The van der Waals surface area contributed by atoms with Gasteiger partial charge in [-0.3, -0.25) is 0 Å². The van der Waals surface area contributed by atoms with Crippen molar-refractivity contribution in [2.75, 3.05) is 18.4 Å². The van der Waals surface area contributed by atoms with E-state index in [1.54, 1.807) is 0 Å². The molecule has 0 amide bonds. The average Bonchev–Trinajstić information content (AvgIpc) is 3.03. The third kappa shape index (κ3) is 10.9. The SMILES string of the molecule is C=C1CCc2ccc(CCCCNc3ccccn3)cc2CN1CC(C)(C)CCCC(C)(C)CC.CC. The Bertz CT molecular complexity index is 929. The lowest BCUT2D eigenvalue weighted by Crippen LogP contribution is -2.33. The molecule has 0 bridgehead atoms. The number of hydrogen-bond donors (Lipinski definition) is 1. The number of aryl methyl sites for hydroxylation is 2. The van der Waals surface area contributed by atoms with Crippen LogP contribution in [0.1, 0.15) is 110 Å². The van der Waals surface area contributed by atoms with E-state index in [9.17, 15) is 0 Å². The van der Waals surface area contributed by atoms with Gasteiger partial charge in [-0.25, -0.2) is 4.98 Å². The van der Waals surface area contributed by atoms with E-state index in [2.05, 4.69) is 74.6 Å². The zero-order chi connectivity index (χ0) is 27.3. The molecule has 0 radical (unpaired) electrons. The van der Waals surface area contributed by atoms with Gasteiger partial charge in [-0.2, -0.15) is 0 Å². The van der Waals surface area contributed by atoms with Gasteiger partial charge in [-0.15, -0.1) is 0 Å². The molecule has 2 heterocycles. The molecule has 0 atom stereocenters. The molecule has 3 rings (SSSR count). The molecule has 206 valence electrons. The lowest BCUT2D eigenvalue weighted by atomic mass is 9.80. The van der Waals surface area contributed by atoms with Gasteiger partial charge >= 0.3 is 0 Å². The van der Waals surface area contributed by atoms with Crippen LogP contribution < -0.4 is 5.32 Å². The van der Waals surface area contributed by atoms with Gasteiger partial charge in [0.15, 0.2) is 0 Å². The van der Waals surface area contributed by atoms with Gasteiger partial charge in [0.2, 0.25) is 0 Å². The first-order chi connectivity index (χ1) is 17.7. The minimum atomic E-state index is 0.301. The van der Waals surface area contributed by atoms with Crippen molar-refractivity contribution in [2.45, 2.75) is 113 Å². The fourth-order valence-electron chi connectivity index (χ4n) is 5.10. The van der Waals surface area contributed by atoms with Crippen molar-refractivity contribution >= 4 is 5.82 Å². The number of benzene rings is 1. The molecular formula is C34H55N3. The second-order valence-corrected chi connectivity index (χ2v) is 12.2. The van der Waals surface area contributed by atoms with Crippen LogP contribution >= 0.6 is 0 Å². The molecule has 0 aliphatic carbocycles. The first kappa shape index (κ1) is 30.9. The van der Waals surface area contributed by atoms with Gasteiger partial charge in [-0.1, -0.05) is 92.2 Å². The summed E-state index contributed by atoms with van der Waals surface area (Å²) in [5, 5.41) is 3.42. The summed E-state index contributed by atoms with van der Waals surface area (Å²) < 4.78 is 0. The van der Waals surface area contributed by atoms with Crippen LogP contribution in [-0.4, -0.2) is 23.0 Å². The van der Waals surface area contributed by atoms with Gasteiger partial charge in [-0.05, 0) is 84.6 Å². The Morgan fingerprint density at radius 2 is 1.68 bits per heavy atom. The van der Waals surface area contributed by atoms with Crippen molar-refractivity contribution in [1.29, 1.82) is 0 Å². The van der Waals surface area contributed by atoms with Crippen LogP contribution in [0.4, 0.5) is 5.82 Å². The van der Waals surface area contributed by atoms with Crippen molar-refractivity contribution in [3.8, 4) is 0 Å². The molecule has 1 aliphatic heterocycles. The maximum Gasteiger partial charge on any atom is 0.125 e. The van der Waals surface area contributed by atoms with E-state index in [0.717, 1.165) is 51.1 Å². The van der Waals surface area contributed by atoms with E-state index in [4.69, 9.17) is 0 Å². The second kappa shape index (κ2) is 15.2. The molecule has 1 aromatic heterocycles. The van der Waals surface area contributed by atoms with Gasteiger partial charge in [0.1, 0.15) is 5.82 Å². The van der Waals surface area contributed by atoms with Crippen LogP contribution in [0.5, 0.6) is 0 Å². The highest BCUT2D eigenvalue weighted by Gasteiger charge is 2.26. The lowest BCUT2D eigenvalue weighted by Gasteiger charge is -2.35. The number of unbranched alkanes of at least 4 members (excludes halogenated alkanes) is 1. The maximum absolute atomic E-state index is 4.49. The first-order valence-corrected chi connectivity index (χ1v) is 14.9. The zero-order valence-electron chi connectivity index (χ0n) is 25.1. The van der Waals surface area contributed by atoms with Crippen molar-refractivity contribution in [1.82, 2.24) is 9.88 Å². The van der Waals surface area contributed by atoms with Crippen LogP contribution in [0.15, 0.2) is 54.9 Å². The molecule has 1 aromatic carbocycles. The number of nitrogens with one attached hydrogen (secondary N) is 1. The van der Waals surface area contributed by atoms with Gasteiger partial charge in [0.05, 0.1) is 0 Å². The fraction of sp³-hybridized carbons (Fsp3) is 0.618. The summed E-state index contributed by atoms with van der Waals surface area (Å²) >= 11 is 0. The number of hydrogen-bond acceptors (Lipinski definition) is 3. The van der Waals surface area contributed by atoms with E-state index in [-0.39, 0.29) is 0 Å². The van der Waals surface area contributed by atoms with Crippen molar-refractivity contribution in [3.05, 3.63) is 71.6 Å². The molecule has 1 aliphatic rings. The van der Waals surface area contributed by atoms with Crippen molar-refractivity contribution < 1.29 is 0 Å². The second-order valence-electron chi connectivity index (χ2n) is 12.2. The Morgan fingerprint density at radius 1 is 0.919 bits per heavy atom. The third-order valence-corrected chi connectivity index (χ3v) is 7.91. The van der Waals surface area contributed by atoms with Crippen molar-refractivity contribution in [2.24, 2.45) is 10.8 Å². The maximum atomic E-state index is 4.49. The third-order valence-electron chi connectivity index (χ3n) is 7.91. The van der Waals surface area contributed by atoms with E-state index in [1.165, 1.54) is 54.5 Å². The number of allylic oxidation sites excluding steroid dienone is 1. The molecule has 0 spiro atoms. The fourth-order valence-corrected chi connectivity index (χ4v) is 5.10. The predicted molar refractivity (Wildman–Crippen MR) is 163 cm³/mol. The molecule has 37 heavy (non-hydrogen) atoms. The average molecular weight is 506 g/mol. The van der Waals surface area contributed by atoms with Crippen LogP contribution in [-0.2, 0) is 19.4 Å². The summed E-state index contributed by atoms with van der Waals surface area (Å²) in [6.45, 7) is 23.6. The molecule has 0 saturated carbocycles. The molecule has 0 saturated heterocycles. The largest absolute Gasteiger partial charge is 0.370 e. The number of pyridine rings is 1. The minimum absolute atomic E-state index is 0.301. The smallest absolute Gasteiger partial charge is 0.125 e. The van der Waals surface area contributed by atoms with Crippen LogP contribution in [0.25, 0.3) is 0 Å². The topological polar surface area (TPSA) is 28.2 Å². The van der Waals surface area contributed by atoms with Crippen LogP contribution in [0.3, 0.4) is 0 Å². The van der Waals surface area contributed by atoms with Crippen molar-refractivity contribution in [3.63, 3.8) is 0 Å². The van der Waals surface area contributed by atoms with Gasteiger partial charge in [0.25, 0.3) is 0 Å². The van der Waals surface area contributed by atoms with E-state index >= 15 is 0 Å². The van der Waals surface area contributed by atoms with Gasteiger partial charge < -0.3 is 10.2 Å². The highest BCUT2D eigenvalue weighted by molar-refractivity contribution is 5.35. The number of anilines is 1. The molecule has 0 fully saturated rings. The Labute approximate surface area is 229 Å². The Balaban J connectivity index is 0.00000235. The molecule has 2 aromatic rings. The van der Waals surface area contributed by atoms with Gasteiger partial charge in [0, 0.05) is 31.5 Å². The summed E-state index contributed by atoms with van der Waals surface area (Å²) in [7, 11) is 0. The quantitative estimate of drug-likeness (QED) is 0.275. The monoisotopic (exact) mass is 505 g/mol. The standard InChI is InChI=1S/C32H49N3.C2H6/c1-7-31(3,4)19-12-20-32(5,6)25-35-24-29-23-27(16-18-28(29)17-15-26(35)2)13-8-10-21-33-30-14-9-11-22-34-30;1-2/h9,11,14,16,18,22-23H,2,7-8,10,12-13,15,17,19-21,24-25H2,1,3-6H3,(H,33,34);1-2H3. The van der Waals surface area contributed by atoms with E-state index in [1.807, 2.05) is 38.2 Å². The summed E-state index contributed by atoms with van der Waals surface area (Å²) in [6, 6.07) is 13.2. The number of nitrogens with zero attached hydrogens (tertiary/aromatic N) is 2. The molecule has 3 nitrogen and oxygen atoms in total. The Morgan fingerprint density at radius 3 is 2.38 bits per heavy atom. The molecular weight excluding hydrogens is 450 g/mol. The summed E-state index contributed by atoms with van der Waals surface area (Å²) in [5.74, 6) is 0.967. The Hall–Kier alpha value is -2.29. The first-order valence-electron chi connectivity index (χ1n) is 14.9. The predicted octanol–water partition coefficient (Wildman–Crippen LogP) is 9.44. The normalized spacial score (nSPS) is 13.9. The molecule has 3 heteroatoms. The number of aromatic nitrogens is 1. The summed E-state index contributed by atoms with van der Waals surface area (Å²) in [5.41, 5.74) is 6.56. The minimum Gasteiger partial charge on any atom is -0.370 e.